The quantitative estimate of drug-likeness (QED) is 0.274. The Kier molecular flexibility index (Phi) is 13.5. The van der Waals surface area contributed by atoms with Crippen LogP contribution >= 0.6 is 0 Å². The zero-order valence-electron chi connectivity index (χ0n) is 32.0. The number of nitrogens with zero attached hydrogens (tertiary/aromatic N) is 6. The first-order chi connectivity index (χ1) is 26.8. The number of hydrogen-bond acceptors (Lipinski definition) is 9. The molecule has 2 aliphatic heterocycles. The number of halogens is 1. The van der Waals surface area contributed by atoms with Crippen molar-refractivity contribution in [2.45, 2.75) is 65.5 Å². The Labute approximate surface area is 324 Å². The van der Waals surface area contributed by atoms with E-state index in [0.717, 1.165) is 17.0 Å². The average molecular weight is 772 g/mol. The molecule has 2 atom stereocenters. The topological polar surface area (TPSA) is 176 Å². The highest BCUT2D eigenvalue weighted by atomic mass is 19.1. The van der Waals surface area contributed by atoms with Gasteiger partial charge in [0.25, 0.3) is 18.3 Å². The number of rotatable bonds is 6. The minimum absolute atomic E-state index is 0.0108. The first kappa shape index (κ1) is 41.0. The summed E-state index contributed by atoms with van der Waals surface area (Å²) in [4.78, 5) is 71.3. The number of carboxylic acid groups (broad SMARTS) is 1. The molecular formula is C40H46FN7O8. The molecule has 0 unspecified atom stereocenters. The fraction of sp³-hybridized carbons (Fsp3) is 0.375. The predicted molar refractivity (Wildman–Crippen MR) is 201 cm³/mol. The molecule has 16 heteroatoms. The summed E-state index contributed by atoms with van der Waals surface area (Å²) in [5.41, 5.74) is 4.45. The highest BCUT2D eigenvalue weighted by molar-refractivity contribution is 6.01. The zero-order chi connectivity index (χ0) is 40.5. The molecule has 2 N–H and O–H groups in total. The van der Waals surface area contributed by atoms with Crippen LogP contribution in [0.3, 0.4) is 0 Å². The van der Waals surface area contributed by atoms with Crippen molar-refractivity contribution in [1.82, 2.24) is 34.8 Å². The van der Waals surface area contributed by atoms with Crippen molar-refractivity contribution in [2.75, 3.05) is 33.7 Å². The molecular weight excluding hydrogens is 725 g/mol. The summed E-state index contributed by atoms with van der Waals surface area (Å²) in [6, 6.07) is 13.4. The number of hydrogen-bond donors (Lipinski definition) is 2. The van der Waals surface area contributed by atoms with E-state index in [0.29, 0.717) is 30.8 Å². The van der Waals surface area contributed by atoms with E-state index in [9.17, 15) is 23.6 Å². The van der Waals surface area contributed by atoms with Crippen LogP contribution in [0.25, 0.3) is 0 Å². The van der Waals surface area contributed by atoms with Crippen molar-refractivity contribution in [1.29, 1.82) is 0 Å². The third-order valence-electron chi connectivity index (χ3n) is 9.76. The van der Waals surface area contributed by atoms with Crippen LogP contribution in [0.1, 0.15) is 61.8 Å². The number of likely N-dealkylation sites (tertiary alicyclic amines) is 1. The van der Waals surface area contributed by atoms with E-state index in [4.69, 9.17) is 19.4 Å². The lowest BCUT2D eigenvalue weighted by molar-refractivity contribution is -0.137. The Hall–Kier alpha value is -6.16. The summed E-state index contributed by atoms with van der Waals surface area (Å²) in [5.74, 6) is -1.74. The van der Waals surface area contributed by atoms with E-state index in [-0.39, 0.29) is 67.7 Å². The number of likely N-dealkylation sites (N-methyl/N-ethyl adjacent to an activating group) is 1. The Balaban J connectivity index is 0.00000194. The van der Waals surface area contributed by atoms with Gasteiger partial charge in [-0.05, 0) is 80.8 Å². The molecule has 4 heterocycles. The normalized spacial score (nSPS) is 17.1. The van der Waals surface area contributed by atoms with Gasteiger partial charge in [0.2, 0.25) is 11.8 Å². The molecule has 4 amide bonds. The molecule has 1 saturated heterocycles. The van der Waals surface area contributed by atoms with Crippen molar-refractivity contribution >= 4 is 30.1 Å². The molecule has 0 spiro atoms. The molecule has 2 aromatic heterocycles. The number of pyridine rings is 1. The maximum absolute atomic E-state index is 14.9. The van der Waals surface area contributed by atoms with Crippen LogP contribution < -0.4 is 10.1 Å². The Morgan fingerprint density at radius 3 is 2.54 bits per heavy atom. The van der Waals surface area contributed by atoms with Crippen molar-refractivity contribution in [3.63, 3.8) is 0 Å². The lowest BCUT2D eigenvalue weighted by Gasteiger charge is -2.39. The molecule has 15 nitrogen and oxygen atoms in total. The van der Waals surface area contributed by atoms with Gasteiger partial charge in [-0.3, -0.25) is 33.6 Å². The molecule has 2 aromatic carbocycles. The molecule has 1 fully saturated rings. The van der Waals surface area contributed by atoms with Crippen LogP contribution in [-0.2, 0) is 38.8 Å². The number of fused-ring (bicyclic) bond motifs is 5. The predicted octanol–water partition coefficient (Wildman–Crippen LogP) is 3.89. The Morgan fingerprint density at radius 2 is 1.84 bits per heavy atom. The van der Waals surface area contributed by atoms with E-state index in [1.165, 1.54) is 47.2 Å². The van der Waals surface area contributed by atoms with Gasteiger partial charge in [0.1, 0.15) is 17.3 Å². The number of carbonyl (C=O) groups excluding carboxylic acids is 4. The molecule has 0 radical (unpaired) electrons. The summed E-state index contributed by atoms with van der Waals surface area (Å²) >= 11 is 0. The summed E-state index contributed by atoms with van der Waals surface area (Å²) in [5, 5.41) is 14.4. The zero-order valence-corrected chi connectivity index (χ0v) is 32.0. The van der Waals surface area contributed by atoms with Gasteiger partial charge >= 0.3 is 0 Å². The van der Waals surface area contributed by atoms with Crippen molar-refractivity contribution in [3.8, 4) is 11.5 Å². The van der Waals surface area contributed by atoms with E-state index >= 15 is 0 Å². The number of nitrogens with one attached hydrogen (secondary N) is 1. The minimum atomic E-state index is -0.598. The van der Waals surface area contributed by atoms with Crippen LogP contribution in [0.4, 0.5) is 4.39 Å². The minimum Gasteiger partial charge on any atom is -0.483 e. The maximum Gasteiger partial charge on any atom is 0.290 e. The van der Waals surface area contributed by atoms with Gasteiger partial charge in [-0.15, -0.1) is 0 Å². The van der Waals surface area contributed by atoms with Crippen LogP contribution in [-0.4, -0.2) is 111 Å². The molecule has 296 valence electrons. The van der Waals surface area contributed by atoms with E-state index < -0.39 is 35.7 Å². The molecule has 4 aromatic rings. The Bertz CT molecular complexity index is 2070. The first-order valence-corrected chi connectivity index (χ1v) is 18.1. The van der Waals surface area contributed by atoms with E-state index in [1.54, 1.807) is 36.3 Å². The molecule has 0 aliphatic carbocycles. The molecule has 4 bridgehead atoms. The number of ether oxygens (including phenoxy) is 2. The van der Waals surface area contributed by atoms with Gasteiger partial charge in [0, 0.05) is 69.2 Å². The van der Waals surface area contributed by atoms with Gasteiger partial charge in [0.05, 0.1) is 43.2 Å². The lowest BCUT2D eigenvalue weighted by Crippen LogP contribution is -2.58. The maximum atomic E-state index is 14.9. The van der Waals surface area contributed by atoms with Crippen molar-refractivity contribution < 1.29 is 42.9 Å². The summed E-state index contributed by atoms with van der Waals surface area (Å²) in [7, 11) is 3.10. The standard InChI is InChI=1S/C39H44FN7O6.CH2O2/c1-24-25(2)43-47(26(24)3)13-10-37(49)46-12-9-35-34(21-46)42-36(48)22-45(5)39(51)29-16-28(38(50)44(4)20-31-8-6-7-11-41-31)17-33(18-29)53-32-15-27(23-52-35)14-30(40)19-32;2-1-3/h6-8,11,14-19,34-35H,9-10,12-13,20-23H2,1-5H3,(H,42,48);1H,(H,2,3)/t34-,35+;/m1./s1. The van der Waals surface area contributed by atoms with Crippen molar-refractivity contribution in [3.05, 3.63) is 106 Å². The lowest BCUT2D eigenvalue weighted by atomic mass is 10.0. The second kappa shape index (κ2) is 18.4. The molecule has 56 heavy (non-hydrogen) atoms. The fourth-order valence-corrected chi connectivity index (χ4v) is 6.65. The molecule has 2 aliphatic rings. The smallest absolute Gasteiger partial charge is 0.290 e. The van der Waals surface area contributed by atoms with E-state index in [1.807, 2.05) is 31.5 Å². The highest BCUT2D eigenvalue weighted by Gasteiger charge is 2.34. The summed E-state index contributed by atoms with van der Waals surface area (Å²) in [6.45, 7) is 6.63. The largest absolute Gasteiger partial charge is 0.483 e. The number of amides is 4. The number of piperidine rings is 1. The average Bonchev–Trinajstić information content (AvgIpc) is 3.41. The van der Waals surface area contributed by atoms with Crippen LogP contribution in [0.15, 0.2) is 60.8 Å². The molecule has 6 rings (SSSR count). The fourth-order valence-electron chi connectivity index (χ4n) is 6.65. The second-order valence-corrected chi connectivity index (χ2v) is 13.8. The number of benzene rings is 2. The number of carbonyl (C=O) groups is 5. The second-order valence-electron chi connectivity index (χ2n) is 13.8. The number of aryl methyl sites for hydroxylation is 2. The monoisotopic (exact) mass is 771 g/mol. The first-order valence-electron chi connectivity index (χ1n) is 18.1. The third kappa shape index (κ3) is 10.3. The third-order valence-corrected chi connectivity index (χ3v) is 9.76. The van der Waals surface area contributed by atoms with Crippen LogP contribution in [0, 0.1) is 26.6 Å². The molecule has 0 saturated carbocycles. The van der Waals surface area contributed by atoms with Crippen LogP contribution in [0.2, 0.25) is 0 Å². The highest BCUT2D eigenvalue weighted by Crippen LogP contribution is 2.28. The summed E-state index contributed by atoms with van der Waals surface area (Å²) in [6.07, 6.45) is 1.81. The van der Waals surface area contributed by atoms with Gasteiger partial charge < -0.3 is 34.6 Å². The SMILES string of the molecule is Cc1nn(CCC(=O)N2CC[C@@H]3OCc4cc(F)cc(c4)Oc4cc(cc(C(=O)N(C)Cc5ccccn5)c4)C(=O)N(C)CC(=O)N[C@@H]3C2)c(C)c1C.O=CO. The summed E-state index contributed by atoms with van der Waals surface area (Å²) < 4.78 is 29.1. The van der Waals surface area contributed by atoms with Gasteiger partial charge in [-0.1, -0.05) is 6.07 Å². The van der Waals surface area contributed by atoms with E-state index in [2.05, 4.69) is 15.4 Å². The number of aromatic nitrogens is 3. The van der Waals surface area contributed by atoms with Gasteiger partial charge in [-0.2, -0.15) is 5.10 Å². The Morgan fingerprint density at radius 1 is 1.09 bits per heavy atom. The van der Waals surface area contributed by atoms with Gasteiger partial charge in [-0.25, -0.2) is 4.39 Å². The van der Waals surface area contributed by atoms with Crippen molar-refractivity contribution in [2.24, 2.45) is 0 Å². The van der Waals surface area contributed by atoms with Crippen LogP contribution in [0.5, 0.6) is 11.5 Å². The van der Waals surface area contributed by atoms with Gasteiger partial charge in [0.15, 0.2) is 0 Å².